The van der Waals surface area contributed by atoms with E-state index in [2.05, 4.69) is 35.9 Å². The molecule has 45 heavy (non-hydrogen) atoms. The van der Waals surface area contributed by atoms with Crippen LogP contribution in [-0.4, -0.2) is 43.2 Å². The fourth-order valence-corrected chi connectivity index (χ4v) is 5.65. The van der Waals surface area contributed by atoms with Gasteiger partial charge >= 0.3 is 5.97 Å². The minimum Gasteiger partial charge on any atom is -0.496 e. The second kappa shape index (κ2) is 12.8. The van der Waals surface area contributed by atoms with Gasteiger partial charge in [0.2, 0.25) is 5.71 Å². The van der Waals surface area contributed by atoms with Crippen molar-refractivity contribution in [2.24, 2.45) is 0 Å². The minimum atomic E-state index is -1.58. The van der Waals surface area contributed by atoms with E-state index >= 15 is 0 Å². The molecule has 0 amide bonds. The predicted octanol–water partition coefficient (Wildman–Crippen LogP) is 6.74. The number of ether oxygens (including phenoxy) is 2. The molecule has 0 aliphatic heterocycles. The van der Waals surface area contributed by atoms with Crippen molar-refractivity contribution >= 4 is 33.0 Å². The second-order valence-corrected chi connectivity index (χ2v) is 10.6. The van der Waals surface area contributed by atoms with Crippen molar-refractivity contribution < 1.29 is 33.3 Å². The third-order valence-corrected chi connectivity index (χ3v) is 7.87. The Morgan fingerprint density at radius 2 is 1.71 bits per heavy atom. The van der Waals surface area contributed by atoms with Crippen molar-refractivity contribution in [2.75, 3.05) is 7.11 Å². The lowest BCUT2D eigenvalue weighted by atomic mass is 9.90. The van der Waals surface area contributed by atoms with Crippen LogP contribution in [0.25, 0.3) is 33.8 Å². The number of nitrogens with zero attached hydrogens (tertiary/aromatic N) is 4. The minimum absolute atomic E-state index is 0.0121. The van der Waals surface area contributed by atoms with E-state index in [0.29, 0.717) is 38.6 Å². The number of aromatic nitrogens is 4. The van der Waals surface area contributed by atoms with Crippen LogP contribution in [0.4, 0.5) is 4.39 Å². The van der Waals surface area contributed by atoms with Crippen LogP contribution >= 0.6 is 15.9 Å². The zero-order valence-corrected chi connectivity index (χ0v) is 25.2. The Balaban J connectivity index is 1.32. The number of furan rings is 1. The zero-order valence-electron chi connectivity index (χ0n) is 23.6. The van der Waals surface area contributed by atoms with Crippen LogP contribution in [0.15, 0.2) is 100 Å². The monoisotopic (exact) mass is 670 g/mol. The van der Waals surface area contributed by atoms with Crippen molar-refractivity contribution in [3.63, 3.8) is 0 Å². The van der Waals surface area contributed by atoms with Crippen molar-refractivity contribution in [2.45, 2.75) is 18.6 Å². The van der Waals surface area contributed by atoms with E-state index in [9.17, 15) is 19.4 Å². The highest BCUT2D eigenvalue weighted by molar-refractivity contribution is 9.10. The average Bonchev–Trinajstić information content (AvgIpc) is 3.41. The first-order valence-corrected chi connectivity index (χ1v) is 14.4. The molecule has 0 spiro atoms. The van der Waals surface area contributed by atoms with Gasteiger partial charge < -0.3 is 24.1 Å². The number of rotatable bonds is 10. The summed E-state index contributed by atoms with van der Waals surface area (Å²) in [6.07, 6.45) is 1.20. The number of para-hydroxylation sites is 2. The van der Waals surface area contributed by atoms with E-state index in [0.717, 1.165) is 0 Å². The molecule has 0 radical (unpaired) electrons. The quantitative estimate of drug-likeness (QED) is 0.161. The van der Waals surface area contributed by atoms with Crippen molar-refractivity contribution in [1.29, 1.82) is 0 Å². The molecule has 3 aromatic carbocycles. The maximum absolute atomic E-state index is 13.5. The number of halogens is 2. The van der Waals surface area contributed by atoms with Crippen LogP contribution in [-0.2, 0) is 11.4 Å². The molecular formula is C33H24BrFN4O6. The number of carbonyl (C=O) groups is 1. The molecule has 0 fully saturated rings. The second-order valence-electron chi connectivity index (χ2n) is 9.85. The van der Waals surface area contributed by atoms with E-state index in [1.54, 1.807) is 43.6 Å². The summed E-state index contributed by atoms with van der Waals surface area (Å²) in [5, 5.41) is 22.2. The summed E-state index contributed by atoms with van der Waals surface area (Å²) in [6.45, 7) is 0.0121. The fourth-order valence-electron chi connectivity index (χ4n) is 4.97. The lowest BCUT2D eigenvalue weighted by molar-refractivity contribution is -0.141. The van der Waals surface area contributed by atoms with Gasteiger partial charge in [0.25, 0.3) is 0 Å². The number of hydrogen-bond acceptors (Lipinski definition) is 9. The van der Waals surface area contributed by atoms with Crippen molar-refractivity contribution in [3.05, 3.63) is 119 Å². The van der Waals surface area contributed by atoms with E-state index in [-0.39, 0.29) is 34.7 Å². The maximum atomic E-state index is 13.5. The molecule has 10 nitrogen and oxygen atoms in total. The lowest BCUT2D eigenvalue weighted by Gasteiger charge is -2.22. The van der Waals surface area contributed by atoms with Gasteiger partial charge in [-0.05, 0) is 64.5 Å². The number of carboxylic acids is 1. The smallest absolute Gasteiger partial charge is 0.315 e. The Morgan fingerprint density at radius 1 is 0.978 bits per heavy atom. The van der Waals surface area contributed by atoms with E-state index in [1.807, 2.05) is 24.3 Å². The number of methoxy groups -OCH3 is 1. The average molecular weight is 671 g/mol. The van der Waals surface area contributed by atoms with Crippen LogP contribution in [0.1, 0.15) is 29.0 Å². The summed E-state index contributed by atoms with van der Waals surface area (Å²) < 4.78 is 31.3. The lowest BCUT2D eigenvalue weighted by Crippen LogP contribution is -2.22. The first-order valence-electron chi connectivity index (χ1n) is 13.6. The molecule has 0 aliphatic carbocycles. The zero-order chi connectivity index (χ0) is 31.5. The molecule has 0 saturated carbocycles. The number of aliphatic hydroxyl groups excluding tert-OH is 1. The summed E-state index contributed by atoms with van der Waals surface area (Å²) in [7, 11) is 1.57. The Kier molecular flexibility index (Phi) is 8.49. The molecule has 6 aromatic rings. The van der Waals surface area contributed by atoms with Crippen LogP contribution in [0, 0.1) is 5.82 Å². The number of benzene rings is 3. The number of aliphatic carboxylic acids is 1. The Labute approximate surface area is 264 Å². The third kappa shape index (κ3) is 5.97. The van der Waals surface area contributed by atoms with Crippen molar-refractivity contribution in [3.8, 4) is 34.2 Å². The molecule has 3 aromatic heterocycles. The van der Waals surface area contributed by atoms with E-state index in [1.165, 1.54) is 30.6 Å². The normalized spacial score (nSPS) is 12.5. The van der Waals surface area contributed by atoms with Gasteiger partial charge in [0, 0.05) is 17.3 Å². The van der Waals surface area contributed by atoms with Gasteiger partial charge in [0.05, 0.1) is 33.9 Å². The third-order valence-electron chi connectivity index (χ3n) is 7.12. The summed E-state index contributed by atoms with van der Waals surface area (Å²) >= 11 is 3.49. The molecule has 0 aliphatic rings. The topological polar surface area (TPSA) is 141 Å². The Bertz CT molecular complexity index is 2000. The van der Waals surface area contributed by atoms with Crippen LogP contribution in [0.5, 0.6) is 11.5 Å². The first-order chi connectivity index (χ1) is 21.9. The van der Waals surface area contributed by atoms with Crippen LogP contribution in [0.2, 0.25) is 0 Å². The molecule has 2 unspecified atom stereocenters. The Hall–Kier alpha value is -5.20. The summed E-state index contributed by atoms with van der Waals surface area (Å²) in [4.78, 5) is 30.1. The number of carboxylic acid groups (broad SMARTS) is 1. The summed E-state index contributed by atoms with van der Waals surface area (Å²) in [5.74, 6) is -1.64. The molecule has 12 heteroatoms. The maximum Gasteiger partial charge on any atom is 0.315 e. The van der Waals surface area contributed by atoms with Gasteiger partial charge in [-0.2, -0.15) is 0 Å². The fraction of sp³-hybridized carbons (Fsp3) is 0.121. The summed E-state index contributed by atoms with van der Waals surface area (Å²) in [5.41, 5.74) is 2.16. The van der Waals surface area contributed by atoms with Crippen LogP contribution in [0.3, 0.4) is 0 Å². The SMILES string of the molecule is COc1ccccc1-c1nccc(COc2ccccc2C(O)C(C(=O)O)c2ncnc3oc(-c4ccc(F)cc4)c(Br)c23)n1. The van der Waals surface area contributed by atoms with Gasteiger partial charge in [-0.25, -0.2) is 24.3 Å². The summed E-state index contributed by atoms with van der Waals surface area (Å²) in [6, 6.07) is 21.3. The molecule has 0 saturated heterocycles. The highest BCUT2D eigenvalue weighted by Gasteiger charge is 2.36. The molecule has 2 N–H and O–H groups in total. The largest absolute Gasteiger partial charge is 0.496 e. The predicted molar refractivity (Wildman–Crippen MR) is 165 cm³/mol. The van der Waals surface area contributed by atoms with Gasteiger partial charge in [-0.3, -0.25) is 4.79 Å². The highest BCUT2D eigenvalue weighted by Crippen LogP contribution is 2.43. The molecule has 0 bridgehead atoms. The van der Waals surface area contributed by atoms with Gasteiger partial charge in [-0.1, -0.05) is 30.3 Å². The van der Waals surface area contributed by atoms with Crippen LogP contribution < -0.4 is 9.47 Å². The molecule has 6 rings (SSSR count). The number of hydrogen-bond donors (Lipinski definition) is 2. The molecule has 226 valence electrons. The highest BCUT2D eigenvalue weighted by atomic mass is 79.9. The standard InChI is InChI=1S/C33H24BrFN4O6/c1-43-23-8-4-3-7-22(23)31-36-15-14-20(39-31)16-44-24-9-5-2-6-21(24)29(40)26(33(41)42)28-25-27(34)30(45-32(25)38-17-37-28)18-10-12-19(35)13-11-18/h2-15,17,26,29,40H,16H2,1H3,(H,41,42). The van der Waals surface area contributed by atoms with Gasteiger partial charge in [0.1, 0.15) is 42.3 Å². The van der Waals surface area contributed by atoms with E-state index < -0.39 is 23.8 Å². The van der Waals surface area contributed by atoms with Crippen molar-refractivity contribution in [1.82, 2.24) is 19.9 Å². The molecular weight excluding hydrogens is 647 g/mol. The molecule has 2 atom stereocenters. The number of aliphatic hydroxyl groups is 1. The van der Waals surface area contributed by atoms with Gasteiger partial charge in [-0.15, -0.1) is 0 Å². The molecule has 3 heterocycles. The first kappa shape index (κ1) is 29.9. The van der Waals surface area contributed by atoms with Gasteiger partial charge in [0.15, 0.2) is 11.6 Å². The Morgan fingerprint density at radius 3 is 2.47 bits per heavy atom. The number of fused-ring (bicyclic) bond motifs is 1. The van der Waals surface area contributed by atoms with E-state index in [4.69, 9.17) is 13.9 Å².